The number of nitrogens with one attached hydrogen (secondary N) is 2. The minimum Gasteiger partial charge on any atom is -0.494 e. The van der Waals surface area contributed by atoms with Gasteiger partial charge in [-0.1, -0.05) is 13.8 Å². The maximum atomic E-state index is 14.0. The third-order valence-electron chi connectivity index (χ3n) is 14.6. The zero-order chi connectivity index (χ0) is 60.7. The van der Waals surface area contributed by atoms with E-state index in [9.17, 15) is 55.1 Å². The highest BCUT2D eigenvalue weighted by atomic mass is 19.4. The summed E-state index contributed by atoms with van der Waals surface area (Å²) in [5, 5.41) is 6.37. The fraction of sp³-hybridized carbons (Fsp3) is 0.474. The highest BCUT2D eigenvalue weighted by Crippen LogP contribution is 2.41. The maximum Gasteiger partial charge on any atom is 0.433 e. The molecule has 0 radical (unpaired) electrons. The van der Waals surface area contributed by atoms with Gasteiger partial charge in [-0.15, -0.1) is 0 Å². The zero-order valence-corrected chi connectivity index (χ0v) is 46.7. The topological polar surface area (TPSA) is 274 Å². The van der Waals surface area contributed by atoms with E-state index in [1.807, 2.05) is 0 Å². The van der Waals surface area contributed by atoms with Crippen LogP contribution in [0.2, 0.25) is 0 Å². The predicted octanol–water partition coefficient (Wildman–Crippen LogP) is 8.32. The number of esters is 2. The molecule has 0 spiro atoms. The highest BCUT2D eigenvalue weighted by Gasteiger charge is 2.47. The molecule has 4 amide bonds. The Bertz CT molecular complexity index is 3290. The van der Waals surface area contributed by atoms with Crippen molar-refractivity contribution >= 4 is 57.4 Å². The monoisotopic (exact) mass is 1180 g/mol. The van der Waals surface area contributed by atoms with Crippen molar-refractivity contribution in [3.05, 3.63) is 82.8 Å². The summed E-state index contributed by atoms with van der Waals surface area (Å²) in [6.45, 7) is 8.84. The van der Waals surface area contributed by atoms with Crippen LogP contribution < -0.4 is 25.8 Å². The minimum atomic E-state index is -4.68. The maximum absolute atomic E-state index is 14.0. The second-order valence-corrected chi connectivity index (χ2v) is 21.1. The van der Waals surface area contributed by atoms with Crippen molar-refractivity contribution in [3.63, 3.8) is 0 Å². The molecule has 2 aromatic carbocycles. The highest BCUT2D eigenvalue weighted by molar-refractivity contribution is 6.01. The smallest absolute Gasteiger partial charge is 0.433 e. The van der Waals surface area contributed by atoms with Crippen molar-refractivity contribution < 1.29 is 82.9 Å². The first-order chi connectivity index (χ1) is 39.8. The van der Waals surface area contributed by atoms with Crippen molar-refractivity contribution in [1.82, 2.24) is 40.4 Å². The van der Waals surface area contributed by atoms with Gasteiger partial charge in [-0.2, -0.15) is 26.3 Å². The number of methoxy groups -OCH3 is 2. The molecule has 2 aliphatic heterocycles. The van der Waals surface area contributed by atoms with Gasteiger partial charge in [0.25, 0.3) is 11.8 Å². The van der Waals surface area contributed by atoms with E-state index in [-0.39, 0.29) is 142 Å². The number of nitrogens with two attached hydrogens (primary N) is 1. The number of carbonyl (C=O) groups excluding carboxylic acids is 6. The van der Waals surface area contributed by atoms with Crippen molar-refractivity contribution in [2.75, 3.05) is 40.5 Å². The van der Waals surface area contributed by atoms with E-state index in [1.54, 1.807) is 40.7 Å². The second-order valence-electron chi connectivity index (χ2n) is 21.1. The van der Waals surface area contributed by atoms with Crippen molar-refractivity contribution in [1.29, 1.82) is 0 Å². The van der Waals surface area contributed by atoms with Crippen LogP contribution in [0.3, 0.4) is 0 Å². The van der Waals surface area contributed by atoms with E-state index in [0.717, 1.165) is 37.8 Å². The van der Waals surface area contributed by atoms with Crippen LogP contribution in [0, 0.1) is 11.8 Å². The molecule has 4 aromatic heterocycles. The van der Waals surface area contributed by atoms with Gasteiger partial charge in [0.1, 0.15) is 51.8 Å². The third-order valence-corrected chi connectivity index (χ3v) is 14.6. The summed E-state index contributed by atoms with van der Waals surface area (Å²) in [4.78, 5) is 97.4. The Labute approximate surface area is 476 Å². The molecule has 0 unspecified atom stereocenters. The lowest BCUT2D eigenvalue weighted by Crippen LogP contribution is -2.43. The average molecular weight is 1180 g/mol. The Morgan fingerprint density at radius 3 is 1.35 bits per heavy atom. The lowest BCUT2D eigenvalue weighted by Gasteiger charge is -2.22. The van der Waals surface area contributed by atoms with Crippen LogP contribution in [0.25, 0.3) is 44.7 Å². The quantitative estimate of drug-likeness (QED) is 0.0607. The number of ether oxygens (including phenoxy) is 4. The molecule has 448 valence electrons. The molecule has 4 aliphatic rings. The number of alkyl halides is 6. The van der Waals surface area contributed by atoms with Crippen molar-refractivity contribution in [2.45, 2.75) is 122 Å². The fourth-order valence-corrected chi connectivity index (χ4v) is 10.2. The number of oxazole rings is 2. The van der Waals surface area contributed by atoms with Gasteiger partial charge in [0, 0.05) is 77.7 Å². The molecule has 6 heterocycles. The largest absolute Gasteiger partial charge is 0.494 e. The molecule has 5 atom stereocenters. The van der Waals surface area contributed by atoms with E-state index in [2.05, 4.69) is 30.6 Å². The molecule has 2 saturated heterocycles. The van der Waals surface area contributed by atoms with E-state index in [0.29, 0.717) is 5.56 Å². The normalized spacial score (nSPS) is 19.2. The van der Waals surface area contributed by atoms with Crippen LogP contribution in [0.5, 0.6) is 11.5 Å². The van der Waals surface area contributed by atoms with Gasteiger partial charge in [-0.3, -0.25) is 19.2 Å². The van der Waals surface area contributed by atoms with Crippen LogP contribution in [0.15, 0.2) is 57.4 Å². The lowest BCUT2D eigenvalue weighted by atomic mass is 10.1. The number of benzene rings is 2. The Morgan fingerprint density at radius 2 is 1.00 bits per heavy atom. The van der Waals surface area contributed by atoms with Gasteiger partial charge in [0.05, 0.1) is 33.5 Å². The minimum absolute atomic E-state index is 0.00160. The zero-order valence-electron chi connectivity index (χ0n) is 46.7. The first-order valence-electron chi connectivity index (χ1n) is 27.3. The number of rotatable bonds is 16. The number of likely N-dealkylation sites (tertiary alicyclic amines) is 2. The molecule has 27 heteroatoms. The number of fused-ring (bicyclic) bond motifs is 2. The second kappa shape index (κ2) is 24.1. The van der Waals surface area contributed by atoms with Gasteiger partial charge >= 0.3 is 24.3 Å². The first kappa shape index (κ1) is 60.2. The van der Waals surface area contributed by atoms with Gasteiger partial charge in [0.2, 0.25) is 23.6 Å². The first-order valence-corrected chi connectivity index (χ1v) is 27.3. The molecule has 4 N–H and O–H groups in total. The summed E-state index contributed by atoms with van der Waals surface area (Å²) >= 11 is 0. The van der Waals surface area contributed by atoms with E-state index in [1.165, 1.54) is 54.4 Å². The number of aromatic nitrogens is 4. The summed E-state index contributed by atoms with van der Waals surface area (Å²) in [6.07, 6.45) is -5.75. The Hall–Kier alpha value is -8.36. The predicted molar refractivity (Wildman–Crippen MR) is 286 cm³/mol. The number of amides is 4. The Kier molecular flexibility index (Phi) is 17.3. The molecule has 10 rings (SSSR count). The van der Waals surface area contributed by atoms with Crippen LogP contribution in [0.4, 0.5) is 26.3 Å². The molecule has 84 heavy (non-hydrogen) atoms. The van der Waals surface area contributed by atoms with Crippen LogP contribution in [0.1, 0.15) is 129 Å². The molecular weight excluding hydrogens is 1120 g/mol. The van der Waals surface area contributed by atoms with Gasteiger partial charge in [-0.05, 0) is 95.0 Å². The molecule has 6 aromatic rings. The van der Waals surface area contributed by atoms with Crippen molar-refractivity contribution in [3.8, 4) is 34.4 Å². The molecule has 0 bridgehead atoms. The standard InChI is InChI=1S/C29H31F3N4O6.C28H30F3N5O6/c1-5-41-28(39)19-12-16(33-25(37)15-6-7-15)13-36(19)27(38)23-24(14(2)3)42-26(35-23)18-8-10-20(40-4)22-17(18)9-11-21(34-22)29(30,31)32;1-4-41-27(39)18-11-15(33-24(37)14-5-6-14)12-36(18)26(38)22-23(13(2)32)42-25(35-22)17-7-9-19(40-3)21-16(17)8-10-20(34-21)28(29,30)31/h8-11,14-16,19H,5-7,12-13H2,1-4H3,(H,33,37);7-10,13-15,18H,4-6,11-12,32H2,1-3H3,(H,33,37)/t16-,19+;13-,15+,18-/m10/s1. The van der Waals surface area contributed by atoms with Gasteiger partial charge < -0.3 is 53.9 Å². The molecule has 21 nitrogen and oxygen atoms in total. The fourth-order valence-electron chi connectivity index (χ4n) is 10.2. The third kappa shape index (κ3) is 12.6. The molecule has 4 fully saturated rings. The summed E-state index contributed by atoms with van der Waals surface area (Å²) in [5.41, 5.74) is 4.20. The van der Waals surface area contributed by atoms with Crippen LogP contribution in [-0.4, -0.2) is 130 Å². The number of nitrogens with zero attached hydrogens (tertiary/aromatic N) is 6. The summed E-state index contributed by atoms with van der Waals surface area (Å²) in [7, 11) is 2.63. The summed E-state index contributed by atoms with van der Waals surface area (Å²) in [5.74, 6) is -2.65. The summed E-state index contributed by atoms with van der Waals surface area (Å²) in [6, 6.07) is 6.52. The molecule has 2 saturated carbocycles. The van der Waals surface area contributed by atoms with E-state index < -0.39 is 77.7 Å². The number of carbonyl (C=O) groups is 6. The summed E-state index contributed by atoms with van der Waals surface area (Å²) < 4.78 is 113. The van der Waals surface area contributed by atoms with E-state index in [4.69, 9.17) is 33.5 Å². The van der Waals surface area contributed by atoms with Crippen LogP contribution in [-0.2, 0) is 41.0 Å². The van der Waals surface area contributed by atoms with Crippen LogP contribution >= 0.6 is 0 Å². The van der Waals surface area contributed by atoms with Crippen molar-refractivity contribution in [2.24, 2.45) is 17.6 Å². The number of pyridine rings is 2. The van der Waals surface area contributed by atoms with Gasteiger partial charge in [-0.25, -0.2) is 29.5 Å². The average Bonchev–Trinajstić information content (AvgIpc) is 3.05. The molecule has 2 aliphatic carbocycles. The SMILES string of the molecule is CCOC(=O)[C@@H]1C[C@@H](NC(=O)C2CC2)CN1C(=O)c1nc(-c2ccc(OC)c3nc(C(F)(F)F)ccc23)oc1C(C)C.CCOC(=O)[C@@H]1C[C@@H](NC(=O)C2CC2)CN1C(=O)c1nc(-c2ccc(OC)c3nc(C(F)(F)F)ccc23)oc1[C@H](C)N. The van der Waals surface area contributed by atoms with Gasteiger partial charge in [0.15, 0.2) is 17.1 Å². The number of hydrogen-bond donors (Lipinski definition) is 3. The number of halogens is 6. The Balaban J connectivity index is 0.000000202. The Morgan fingerprint density at radius 1 is 0.607 bits per heavy atom. The van der Waals surface area contributed by atoms with E-state index >= 15 is 0 Å². The number of hydrogen-bond acceptors (Lipinski definition) is 17. The molecular formula is C57H61F6N9O12. The lowest BCUT2D eigenvalue weighted by molar-refractivity contribution is -0.148.